The van der Waals surface area contributed by atoms with Crippen molar-refractivity contribution in [1.82, 2.24) is 15.3 Å². The van der Waals surface area contributed by atoms with E-state index in [4.69, 9.17) is 4.74 Å². The number of amides is 1. The van der Waals surface area contributed by atoms with Crippen LogP contribution in [0, 0.1) is 19.8 Å². The number of nitrogens with zero attached hydrogens (tertiary/aromatic N) is 4. The van der Waals surface area contributed by atoms with Crippen LogP contribution in [-0.2, 0) is 16.1 Å². The second-order valence-electron chi connectivity index (χ2n) is 8.23. The highest BCUT2D eigenvalue weighted by Gasteiger charge is 2.27. The molecule has 1 amide bonds. The molecule has 30 heavy (non-hydrogen) atoms. The van der Waals surface area contributed by atoms with Gasteiger partial charge in [-0.15, -0.1) is 0 Å². The average molecular weight is 410 g/mol. The Labute approximate surface area is 178 Å². The van der Waals surface area contributed by atoms with E-state index in [0.29, 0.717) is 6.54 Å². The fourth-order valence-corrected chi connectivity index (χ4v) is 4.19. The number of carbonyl (C=O) groups excluding carboxylic acids is 1. The molecule has 0 saturated carbocycles. The number of ether oxygens (including phenoxy) is 1. The van der Waals surface area contributed by atoms with Crippen LogP contribution < -0.4 is 15.1 Å². The highest BCUT2D eigenvalue weighted by Crippen LogP contribution is 2.30. The molecule has 2 aliphatic heterocycles. The summed E-state index contributed by atoms with van der Waals surface area (Å²) in [4.78, 5) is 26.1. The first kappa shape index (κ1) is 20.6. The molecule has 1 aromatic carbocycles. The van der Waals surface area contributed by atoms with E-state index in [1.807, 2.05) is 6.20 Å². The third kappa shape index (κ3) is 4.73. The molecule has 160 valence electrons. The molecule has 1 N–H and O–H groups in total. The number of hydrogen-bond donors (Lipinski definition) is 1. The zero-order chi connectivity index (χ0) is 20.9. The third-order valence-electron chi connectivity index (χ3n) is 6.23. The van der Waals surface area contributed by atoms with Gasteiger partial charge in [-0.2, -0.15) is 0 Å². The molecule has 0 atom stereocenters. The van der Waals surface area contributed by atoms with E-state index in [9.17, 15) is 4.79 Å². The van der Waals surface area contributed by atoms with Gasteiger partial charge in [0.2, 0.25) is 5.91 Å². The summed E-state index contributed by atoms with van der Waals surface area (Å²) in [6, 6.07) is 6.36. The van der Waals surface area contributed by atoms with Gasteiger partial charge < -0.3 is 19.9 Å². The van der Waals surface area contributed by atoms with Gasteiger partial charge in [0, 0.05) is 38.6 Å². The van der Waals surface area contributed by atoms with Crippen molar-refractivity contribution < 1.29 is 9.53 Å². The molecular weight excluding hydrogens is 378 g/mol. The largest absolute Gasteiger partial charge is 0.378 e. The van der Waals surface area contributed by atoms with Crippen molar-refractivity contribution in [2.75, 3.05) is 49.2 Å². The summed E-state index contributed by atoms with van der Waals surface area (Å²) in [5.74, 6) is 1.20. The van der Waals surface area contributed by atoms with E-state index in [1.165, 1.54) is 11.1 Å². The number of carbonyl (C=O) groups is 1. The maximum Gasteiger partial charge on any atom is 0.223 e. The summed E-state index contributed by atoms with van der Waals surface area (Å²) in [6.45, 7) is 9.64. The van der Waals surface area contributed by atoms with Gasteiger partial charge in [-0.1, -0.05) is 18.2 Å². The molecule has 0 unspecified atom stereocenters. The maximum atomic E-state index is 12.7. The van der Waals surface area contributed by atoms with Crippen LogP contribution in [-0.4, -0.2) is 55.3 Å². The van der Waals surface area contributed by atoms with Crippen LogP contribution in [0.1, 0.15) is 29.5 Å². The number of hydrogen-bond acceptors (Lipinski definition) is 6. The van der Waals surface area contributed by atoms with Crippen LogP contribution in [0.5, 0.6) is 0 Å². The first-order chi connectivity index (χ1) is 14.6. The van der Waals surface area contributed by atoms with E-state index in [0.717, 1.165) is 69.3 Å². The van der Waals surface area contributed by atoms with E-state index in [-0.39, 0.29) is 11.8 Å². The lowest BCUT2D eigenvalue weighted by molar-refractivity contribution is -0.125. The normalized spacial score (nSPS) is 17.8. The Morgan fingerprint density at radius 1 is 1.10 bits per heavy atom. The topological polar surface area (TPSA) is 70.6 Å². The predicted molar refractivity (Wildman–Crippen MR) is 118 cm³/mol. The summed E-state index contributed by atoms with van der Waals surface area (Å²) in [5.41, 5.74) is 4.75. The molecule has 0 radical (unpaired) electrons. The highest BCUT2D eigenvalue weighted by molar-refractivity contribution is 5.79. The Morgan fingerprint density at radius 3 is 2.60 bits per heavy atom. The van der Waals surface area contributed by atoms with Crippen molar-refractivity contribution in [2.24, 2.45) is 5.92 Å². The SMILES string of the molecule is Cc1ccc(CNC(=O)C2CCN(c3cncnc3N3CCOCC3)CC2)cc1C. The monoisotopic (exact) mass is 409 g/mol. The minimum Gasteiger partial charge on any atom is -0.378 e. The lowest BCUT2D eigenvalue weighted by Crippen LogP contribution is -2.42. The predicted octanol–water partition coefficient (Wildman–Crippen LogP) is 2.46. The van der Waals surface area contributed by atoms with Crippen molar-refractivity contribution in [3.63, 3.8) is 0 Å². The molecule has 7 heteroatoms. The summed E-state index contributed by atoms with van der Waals surface area (Å²) >= 11 is 0. The molecule has 0 spiro atoms. The van der Waals surface area contributed by atoms with Crippen molar-refractivity contribution >= 4 is 17.4 Å². The van der Waals surface area contributed by atoms with Gasteiger partial charge in [-0.25, -0.2) is 9.97 Å². The summed E-state index contributed by atoms with van der Waals surface area (Å²) in [7, 11) is 0. The summed E-state index contributed by atoms with van der Waals surface area (Å²) in [5, 5.41) is 3.13. The highest BCUT2D eigenvalue weighted by atomic mass is 16.5. The van der Waals surface area contributed by atoms with E-state index in [1.54, 1.807) is 6.33 Å². The Hall–Kier alpha value is -2.67. The van der Waals surface area contributed by atoms with Crippen LogP contribution in [0.25, 0.3) is 0 Å². The number of aromatic nitrogens is 2. The molecule has 7 nitrogen and oxygen atoms in total. The standard InChI is InChI=1S/C23H31N5O2/c1-17-3-4-19(13-18(17)2)14-25-23(29)20-5-7-27(8-6-20)21-15-24-16-26-22(21)28-9-11-30-12-10-28/h3-4,13,15-16,20H,5-12,14H2,1-2H3,(H,25,29). The van der Waals surface area contributed by atoms with Crippen molar-refractivity contribution in [3.05, 3.63) is 47.4 Å². The zero-order valence-corrected chi connectivity index (χ0v) is 17.9. The van der Waals surface area contributed by atoms with Crippen molar-refractivity contribution in [2.45, 2.75) is 33.2 Å². The Balaban J connectivity index is 1.32. The second-order valence-corrected chi connectivity index (χ2v) is 8.23. The van der Waals surface area contributed by atoms with Gasteiger partial charge in [0.25, 0.3) is 0 Å². The smallest absolute Gasteiger partial charge is 0.223 e. The number of rotatable bonds is 5. The molecule has 2 fully saturated rings. The molecule has 3 heterocycles. The average Bonchev–Trinajstić information content (AvgIpc) is 2.80. The molecule has 2 aliphatic rings. The number of morpholine rings is 1. The Kier molecular flexibility index (Phi) is 6.47. The fourth-order valence-electron chi connectivity index (χ4n) is 4.19. The third-order valence-corrected chi connectivity index (χ3v) is 6.23. The van der Waals surface area contributed by atoms with Crippen LogP contribution in [0.4, 0.5) is 11.5 Å². The molecule has 1 aromatic heterocycles. The maximum absolute atomic E-state index is 12.7. The van der Waals surface area contributed by atoms with Gasteiger partial charge in [0.05, 0.1) is 25.1 Å². The molecule has 2 aromatic rings. The molecular formula is C23H31N5O2. The number of piperidine rings is 1. The van der Waals surface area contributed by atoms with Gasteiger partial charge in [-0.05, 0) is 43.4 Å². The Bertz CT molecular complexity index is 874. The summed E-state index contributed by atoms with van der Waals surface area (Å²) in [6.07, 6.45) is 5.20. The minimum absolute atomic E-state index is 0.0595. The first-order valence-corrected chi connectivity index (χ1v) is 10.8. The molecule has 4 rings (SSSR count). The number of anilines is 2. The second kappa shape index (κ2) is 9.43. The molecule has 0 bridgehead atoms. The molecule has 0 aliphatic carbocycles. The van der Waals surface area contributed by atoms with E-state index < -0.39 is 0 Å². The van der Waals surface area contributed by atoms with Crippen molar-refractivity contribution in [1.29, 1.82) is 0 Å². The summed E-state index contributed by atoms with van der Waals surface area (Å²) < 4.78 is 5.47. The number of benzene rings is 1. The first-order valence-electron chi connectivity index (χ1n) is 10.8. The van der Waals surface area contributed by atoms with Gasteiger partial charge in [0.15, 0.2) is 5.82 Å². The quantitative estimate of drug-likeness (QED) is 0.818. The minimum atomic E-state index is 0.0595. The van der Waals surface area contributed by atoms with Crippen LogP contribution in [0.2, 0.25) is 0 Å². The zero-order valence-electron chi connectivity index (χ0n) is 17.9. The molecule has 2 saturated heterocycles. The number of aryl methyl sites for hydroxylation is 2. The van der Waals surface area contributed by atoms with E-state index >= 15 is 0 Å². The Morgan fingerprint density at radius 2 is 1.87 bits per heavy atom. The van der Waals surface area contributed by atoms with E-state index in [2.05, 4.69) is 57.1 Å². The van der Waals surface area contributed by atoms with Crippen LogP contribution >= 0.6 is 0 Å². The van der Waals surface area contributed by atoms with Crippen LogP contribution in [0.15, 0.2) is 30.7 Å². The van der Waals surface area contributed by atoms with Gasteiger partial charge >= 0.3 is 0 Å². The lowest BCUT2D eigenvalue weighted by Gasteiger charge is -2.36. The van der Waals surface area contributed by atoms with Crippen molar-refractivity contribution in [3.8, 4) is 0 Å². The lowest BCUT2D eigenvalue weighted by atomic mass is 9.95. The number of nitrogens with one attached hydrogen (secondary N) is 1. The van der Waals surface area contributed by atoms with Gasteiger partial charge in [-0.3, -0.25) is 4.79 Å². The fraction of sp³-hybridized carbons (Fsp3) is 0.522. The van der Waals surface area contributed by atoms with Gasteiger partial charge in [0.1, 0.15) is 6.33 Å². The van der Waals surface area contributed by atoms with Crippen LogP contribution in [0.3, 0.4) is 0 Å².